The maximum Gasteiger partial charge on any atom is 0.238 e. The molecule has 9 aromatic carbocycles. The summed E-state index contributed by atoms with van der Waals surface area (Å²) in [7, 11) is 0. The van der Waals surface area contributed by atoms with E-state index in [4.69, 9.17) is 21.8 Å². The predicted molar refractivity (Wildman–Crippen MR) is 240 cm³/mol. The summed E-state index contributed by atoms with van der Waals surface area (Å²) in [6, 6.07) is 56.4. The number of nitrogens with zero attached hydrogens (tertiary/aromatic N) is 5. The average molecular weight is 745 g/mol. The Kier molecular flexibility index (Phi) is 6.12. The van der Waals surface area contributed by atoms with E-state index in [1.807, 2.05) is 53.1 Å². The van der Waals surface area contributed by atoms with Gasteiger partial charge in [-0.3, -0.25) is 4.57 Å². The van der Waals surface area contributed by atoms with Crippen molar-refractivity contribution >= 4 is 65.2 Å². The maximum absolute atomic E-state index is 8.87. The standard InChI is InChI=1S/C53H33N5/c1-4-17-35(18-5-1)51-54-52(36-19-6-2-7-20-36)56-53(55-51)58-46-30-29-37(32-44(46)49-39-23-11-10-16-34(39)28-31-47(49)58)43-33-48-50(41-25-13-12-24-40(41)43)42-26-14-15-27-45(42)57(48)38-21-8-3-9-22-38/h1-33H/i1D,4D,5D,17D,18D. The zero-order chi connectivity index (χ0) is 42.5. The van der Waals surface area contributed by atoms with Crippen molar-refractivity contribution < 1.29 is 6.85 Å². The van der Waals surface area contributed by atoms with Crippen molar-refractivity contribution in [2.24, 2.45) is 0 Å². The van der Waals surface area contributed by atoms with E-state index in [9.17, 15) is 0 Å². The summed E-state index contributed by atoms with van der Waals surface area (Å²) in [5.74, 6) is 0.549. The molecular formula is C53H33N5. The highest BCUT2D eigenvalue weighted by Crippen LogP contribution is 2.44. The molecule has 0 unspecified atom stereocenters. The van der Waals surface area contributed by atoms with Crippen LogP contribution in [0.5, 0.6) is 0 Å². The van der Waals surface area contributed by atoms with Gasteiger partial charge in [0.15, 0.2) is 11.6 Å². The Morgan fingerprint density at radius 3 is 1.81 bits per heavy atom. The van der Waals surface area contributed by atoms with Gasteiger partial charge < -0.3 is 4.57 Å². The van der Waals surface area contributed by atoms with E-state index < -0.39 is 18.1 Å². The summed E-state index contributed by atoms with van der Waals surface area (Å²) in [6.07, 6.45) is 0. The number of hydrogen-bond acceptors (Lipinski definition) is 3. The van der Waals surface area contributed by atoms with Crippen LogP contribution in [0.15, 0.2) is 200 Å². The van der Waals surface area contributed by atoms with Crippen LogP contribution in [-0.2, 0) is 0 Å². The molecule has 0 bridgehead atoms. The molecule has 3 aromatic heterocycles. The highest BCUT2D eigenvalue weighted by atomic mass is 15.2. The molecule has 5 nitrogen and oxygen atoms in total. The van der Waals surface area contributed by atoms with Gasteiger partial charge in [0.1, 0.15) is 0 Å². The van der Waals surface area contributed by atoms with Gasteiger partial charge in [-0.25, -0.2) is 4.98 Å². The second-order valence-corrected chi connectivity index (χ2v) is 14.4. The molecule has 0 atom stereocenters. The molecule has 0 saturated heterocycles. The van der Waals surface area contributed by atoms with Gasteiger partial charge in [0.2, 0.25) is 5.95 Å². The number of para-hydroxylation sites is 2. The highest BCUT2D eigenvalue weighted by Gasteiger charge is 2.22. The molecule has 0 aliphatic carbocycles. The highest BCUT2D eigenvalue weighted by molar-refractivity contribution is 6.25. The summed E-state index contributed by atoms with van der Waals surface area (Å²) >= 11 is 0. The van der Waals surface area contributed by atoms with Crippen LogP contribution in [0.3, 0.4) is 0 Å². The van der Waals surface area contributed by atoms with Crippen molar-refractivity contribution in [2.75, 3.05) is 0 Å². The van der Waals surface area contributed by atoms with Crippen molar-refractivity contribution in [1.82, 2.24) is 24.1 Å². The maximum atomic E-state index is 8.87. The fraction of sp³-hybridized carbons (Fsp3) is 0. The lowest BCUT2D eigenvalue weighted by Crippen LogP contribution is -2.06. The minimum absolute atomic E-state index is 0.0168. The smallest absolute Gasteiger partial charge is 0.238 e. The van der Waals surface area contributed by atoms with E-state index in [0.29, 0.717) is 11.4 Å². The molecule has 0 N–H and O–H groups in total. The molecule has 5 heteroatoms. The van der Waals surface area contributed by atoms with Crippen LogP contribution in [0.1, 0.15) is 6.85 Å². The topological polar surface area (TPSA) is 48.5 Å². The molecule has 0 fully saturated rings. The first-order valence-corrected chi connectivity index (χ1v) is 19.2. The van der Waals surface area contributed by atoms with Gasteiger partial charge in [-0.05, 0) is 75.1 Å². The summed E-state index contributed by atoms with van der Waals surface area (Å²) < 4.78 is 47.3. The van der Waals surface area contributed by atoms with Crippen LogP contribution >= 0.6 is 0 Å². The molecule has 0 amide bonds. The van der Waals surface area contributed by atoms with Crippen LogP contribution in [-0.4, -0.2) is 24.1 Å². The number of hydrogen-bond donors (Lipinski definition) is 0. The van der Waals surface area contributed by atoms with Crippen molar-refractivity contribution in [1.29, 1.82) is 0 Å². The summed E-state index contributed by atoms with van der Waals surface area (Å²) in [5, 5.41) is 8.84. The third-order valence-corrected chi connectivity index (χ3v) is 11.2. The zero-order valence-corrected chi connectivity index (χ0v) is 30.9. The van der Waals surface area contributed by atoms with E-state index in [1.165, 1.54) is 16.2 Å². The number of fused-ring (bicyclic) bond motifs is 10. The first-order valence-electron chi connectivity index (χ1n) is 21.7. The Labute approximate surface area is 340 Å². The fourth-order valence-electron chi connectivity index (χ4n) is 8.75. The van der Waals surface area contributed by atoms with Crippen molar-refractivity contribution in [3.8, 4) is 45.5 Å². The molecule has 12 rings (SSSR count). The van der Waals surface area contributed by atoms with Gasteiger partial charge in [-0.2, -0.15) is 9.97 Å². The van der Waals surface area contributed by atoms with Gasteiger partial charge in [0.25, 0.3) is 0 Å². The minimum Gasteiger partial charge on any atom is -0.309 e. The Hall–Kier alpha value is -7.89. The van der Waals surface area contributed by atoms with Crippen LogP contribution in [0, 0.1) is 0 Å². The second-order valence-electron chi connectivity index (χ2n) is 14.4. The SMILES string of the molecule is [2H]c1c([2H])c([2H])c(-c2nc(-c3ccccc3)nc(-n3c4ccc(-c5cc6c(c7ccccc57)c5ccccc5n6-c5ccccc5)cc4c4c5ccccc5ccc43)n2)c([2H])c1[2H]. The second kappa shape index (κ2) is 12.8. The largest absolute Gasteiger partial charge is 0.309 e. The molecule has 0 aliphatic rings. The predicted octanol–water partition coefficient (Wildman–Crippen LogP) is 13.4. The molecule has 3 heterocycles. The van der Waals surface area contributed by atoms with Crippen LogP contribution in [0.25, 0.3) is 111 Å². The van der Waals surface area contributed by atoms with Crippen LogP contribution in [0.4, 0.5) is 0 Å². The van der Waals surface area contributed by atoms with Gasteiger partial charge >= 0.3 is 0 Å². The minimum atomic E-state index is -0.482. The van der Waals surface area contributed by atoms with Gasteiger partial charge in [-0.15, -0.1) is 0 Å². The Bertz CT molecular complexity index is 3830. The number of benzene rings is 9. The van der Waals surface area contributed by atoms with E-state index in [0.717, 1.165) is 65.8 Å². The first-order chi connectivity index (χ1) is 30.9. The molecule has 58 heavy (non-hydrogen) atoms. The Balaban J connectivity index is 1.17. The van der Waals surface area contributed by atoms with Crippen molar-refractivity contribution in [3.05, 3.63) is 200 Å². The summed E-state index contributed by atoms with van der Waals surface area (Å²) in [5.41, 5.74) is 7.76. The van der Waals surface area contributed by atoms with Crippen molar-refractivity contribution in [3.63, 3.8) is 0 Å². The van der Waals surface area contributed by atoms with E-state index in [2.05, 4.69) is 126 Å². The van der Waals surface area contributed by atoms with Gasteiger partial charge in [0.05, 0.1) is 28.9 Å². The van der Waals surface area contributed by atoms with E-state index in [1.54, 1.807) is 0 Å². The first kappa shape index (κ1) is 27.7. The van der Waals surface area contributed by atoms with E-state index >= 15 is 0 Å². The van der Waals surface area contributed by atoms with Crippen LogP contribution in [0.2, 0.25) is 0 Å². The Morgan fingerprint density at radius 1 is 0.379 bits per heavy atom. The molecule has 0 spiro atoms. The fourth-order valence-corrected chi connectivity index (χ4v) is 8.75. The zero-order valence-electron chi connectivity index (χ0n) is 35.9. The molecule has 0 aliphatic heterocycles. The lowest BCUT2D eigenvalue weighted by atomic mass is 9.93. The number of rotatable bonds is 5. The normalized spacial score (nSPS) is 13.0. The summed E-state index contributed by atoms with van der Waals surface area (Å²) in [4.78, 5) is 14.8. The molecule has 0 saturated carbocycles. The lowest BCUT2D eigenvalue weighted by molar-refractivity contribution is 0.953. The molecule has 12 aromatic rings. The van der Waals surface area contributed by atoms with E-state index in [-0.39, 0.29) is 29.4 Å². The third kappa shape index (κ3) is 4.93. The summed E-state index contributed by atoms with van der Waals surface area (Å²) in [6.45, 7) is 0. The quantitative estimate of drug-likeness (QED) is 0.176. The van der Waals surface area contributed by atoms with Gasteiger partial charge in [0, 0.05) is 38.4 Å². The third-order valence-electron chi connectivity index (χ3n) is 11.2. The van der Waals surface area contributed by atoms with Crippen molar-refractivity contribution in [2.45, 2.75) is 0 Å². The number of aromatic nitrogens is 5. The van der Waals surface area contributed by atoms with Gasteiger partial charge in [-0.1, -0.05) is 158 Å². The lowest BCUT2D eigenvalue weighted by Gasteiger charge is -2.13. The Morgan fingerprint density at radius 2 is 1.00 bits per heavy atom. The van der Waals surface area contributed by atoms with Crippen LogP contribution < -0.4 is 0 Å². The monoisotopic (exact) mass is 744 g/mol. The molecule has 0 radical (unpaired) electrons. The average Bonchev–Trinajstić information content (AvgIpc) is 3.86. The molecular weight excluding hydrogens is 707 g/mol. The molecule has 270 valence electrons.